The lowest BCUT2D eigenvalue weighted by atomic mass is 9.91. The molecule has 0 aliphatic carbocycles. The van der Waals surface area contributed by atoms with Crippen molar-refractivity contribution >= 4 is 16.5 Å². The Bertz CT molecular complexity index is 667. The largest absolute Gasteiger partial charge is 0.360 e. The van der Waals surface area contributed by atoms with Crippen molar-refractivity contribution in [3.63, 3.8) is 0 Å². The second-order valence-electron chi connectivity index (χ2n) is 6.55. The normalized spacial score (nSPS) is 11.9. The van der Waals surface area contributed by atoms with Crippen LogP contribution in [0.15, 0.2) is 16.9 Å². The van der Waals surface area contributed by atoms with E-state index in [2.05, 4.69) is 55.1 Å². The van der Waals surface area contributed by atoms with E-state index in [0.717, 1.165) is 17.4 Å². The molecule has 0 atom stereocenters. The molecule has 0 saturated heterocycles. The zero-order chi connectivity index (χ0) is 15.6. The molecule has 2 aromatic rings. The van der Waals surface area contributed by atoms with Gasteiger partial charge >= 0.3 is 0 Å². The van der Waals surface area contributed by atoms with Crippen molar-refractivity contribution in [2.45, 2.75) is 40.0 Å². The highest BCUT2D eigenvalue weighted by Gasteiger charge is 2.17. The van der Waals surface area contributed by atoms with E-state index in [1.807, 2.05) is 12.1 Å². The van der Waals surface area contributed by atoms with Crippen molar-refractivity contribution in [2.75, 3.05) is 11.9 Å². The Balaban J connectivity index is 2.25. The number of H-pyrrole nitrogens is 1. The Morgan fingerprint density at radius 1 is 1.29 bits per heavy atom. The van der Waals surface area contributed by atoms with Gasteiger partial charge in [0.15, 0.2) is 5.01 Å². The molecule has 0 bridgehead atoms. The van der Waals surface area contributed by atoms with Gasteiger partial charge in [0.2, 0.25) is 5.13 Å². The molecule has 2 heterocycles. The van der Waals surface area contributed by atoms with E-state index in [-0.39, 0.29) is 11.0 Å². The van der Waals surface area contributed by atoms with Crippen molar-refractivity contribution in [1.29, 1.82) is 0 Å². The van der Waals surface area contributed by atoms with E-state index in [1.54, 1.807) is 0 Å². The standard InChI is InChI=1S/C15H22N4OS/c1-9(2)8-16-14-19-18-13(21-14)10-6-7-11(15(3,4)5)17-12(10)20/h6-7,9H,8H2,1-5H3,(H,16,19)(H,17,20). The second kappa shape index (κ2) is 5.97. The zero-order valence-electron chi connectivity index (χ0n) is 13.2. The third-order valence-electron chi connectivity index (χ3n) is 3.03. The summed E-state index contributed by atoms with van der Waals surface area (Å²) in [5.41, 5.74) is 1.29. The quantitative estimate of drug-likeness (QED) is 0.909. The van der Waals surface area contributed by atoms with E-state index in [9.17, 15) is 4.79 Å². The van der Waals surface area contributed by atoms with Gasteiger partial charge in [0.05, 0.1) is 5.56 Å². The Morgan fingerprint density at radius 3 is 2.57 bits per heavy atom. The molecular formula is C15H22N4OS. The Morgan fingerprint density at radius 2 is 2.00 bits per heavy atom. The minimum atomic E-state index is -0.117. The summed E-state index contributed by atoms with van der Waals surface area (Å²) < 4.78 is 0. The number of hydrogen-bond acceptors (Lipinski definition) is 5. The average Bonchev–Trinajstić information content (AvgIpc) is 2.83. The molecule has 0 aromatic carbocycles. The van der Waals surface area contributed by atoms with Crippen LogP contribution < -0.4 is 10.9 Å². The third kappa shape index (κ3) is 3.91. The van der Waals surface area contributed by atoms with Crippen LogP contribution >= 0.6 is 11.3 Å². The third-order valence-corrected chi connectivity index (χ3v) is 3.95. The van der Waals surface area contributed by atoms with Crippen LogP contribution in [0, 0.1) is 5.92 Å². The summed E-state index contributed by atoms with van der Waals surface area (Å²) in [4.78, 5) is 15.2. The minimum Gasteiger partial charge on any atom is -0.360 e. The summed E-state index contributed by atoms with van der Waals surface area (Å²) in [5.74, 6) is 0.534. The molecule has 114 valence electrons. The molecule has 0 unspecified atom stereocenters. The first-order chi connectivity index (χ1) is 9.77. The average molecular weight is 306 g/mol. The van der Waals surface area contributed by atoms with Crippen LogP contribution in [0.2, 0.25) is 0 Å². The number of pyridine rings is 1. The summed E-state index contributed by atoms with van der Waals surface area (Å²) in [6.07, 6.45) is 0. The van der Waals surface area contributed by atoms with Gasteiger partial charge in [-0.25, -0.2) is 0 Å². The molecule has 0 spiro atoms. The van der Waals surface area contributed by atoms with E-state index in [0.29, 0.717) is 16.5 Å². The molecule has 0 aliphatic heterocycles. The highest BCUT2D eigenvalue weighted by Crippen LogP contribution is 2.25. The van der Waals surface area contributed by atoms with Crippen LogP contribution in [0.5, 0.6) is 0 Å². The molecule has 0 amide bonds. The number of hydrogen-bond donors (Lipinski definition) is 2. The molecule has 0 aliphatic rings. The molecule has 5 nitrogen and oxygen atoms in total. The SMILES string of the molecule is CC(C)CNc1nnc(-c2ccc(C(C)(C)C)[nH]c2=O)s1. The maximum absolute atomic E-state index is 12.2. The van der Waals surface area contributed by atoms with Crippen LogP contribution in [0.4, 0.5) is 5.13 Å². The Labute approximate surface area is 128 Å². The molecule has 0 saturated carbocycles. The molecule has 6 heteroatoms. The predicted octanol–water partition coefficient (Wildman–Crippen LogP) is 3.26. The monoisotopic (exact) mass is 306 g/mol. The van der Waals surface area contributed by atoms with Gasteiger partial charge in [0.1, 0.15) is 0 Å². The van der Waals surface area contributed by atoms with E-state index in [1.165, 1.54) is 11.3 Å². The van der Waals surface area contributed by atoms with Crippen molar-refractivity contribution in [2.24, 2.45) is 5.92 Å². The number of aromatic nitrogens is 3. The van der Waals surface area contributed by atoms with Crippen LogP contribution in [0.3, 0.4) is 0 Å². The van der Waals surface area contributed by atoms with Gasteiger partial charge in [-0.1, -0.05) is 46.0 Å². The highest BCUT2D eigenvalue weighted by molar-refractivity contribution is 7.18. The summed E-state index contributed by atoms with van der Waals surface area (Å²) in [7, 11) is 0. The fraction of sp³-hybridized carbons (Fsp3) is 0.533. The summed E-state index contributed by atoms with van der Waals surface area (Å²) in [6.45, 7) is 11.3. The number of nitrogens with zero attached hydrogens (tertiary/aromatic N) is 2. The van der Waals surface area contributed by atoms with Crippen molar-refractivity contribution in [3.8, 4) is 10.6 Å². The summed E-state index contributed by atoms with van der Waals surface area (Å²) in [5, 5.41) is 12.8. The Hall–Kier alpha value is -1.69. The van der Waals surface area contributed by atoms with Crippen LogP contribution in [-0.2, 0) is 5.41 Å². The minimum absolute atomic E-state index is 0.0806. The smallest absolute Gasteiger partial charge is 0.258 e. The van der Waals surface area contributed by atoms with Crippen LogP contribution in [-0.4, -0.2) is 21.7 Å². The summed E-state index contributed by atoms with van der Waals surface area (Å²) >= 11 is 1.40. The first kappa shape index (κ1) is 15.7. The topological polar surface area (TPSA) is 70.7 Å². The van der Waals surface area contributed by atoms with E-state index in [4.69, 9.17) is 0 Å². The van der Waals surface area contributed by atoms with Crippen LogP contribution in [0.1, 0.15) is 40.3 Å². The van der Waals surface area contributed by atoms with Crippen LogP contribution in [0.25, 0.3) is 10.6 Å². The van der Waals surface area contributed by atoms with E-state index < -0.39 is 0 Å². The zero-order valence-corrected chi connectivity index (χ0v) is 14.0. The van der Waals surface area contributed by atoms with Crippen molar-refractivity contribution < 1.29 is 0 Å². The van der Waals surface area contributed by atoms with Gasteiger partial charge in [-0.05, 0) is 18.1 Å². The number of nitrogens with one attached hydrogen (secondary N) is 2. The molecule has 0 radical (unpaired) electrons. The molecule has 2 aromatic heterocycles. The Kier molecular flexibility index (Phi) is 4.46. The lowest BCUT2D eigenvalue weighted by Crippen LogP contribution is -2.20. The molecule has 21 heavy (non-hydrogen) atoms. The van der Waals surface area contributed by atoms with Gasteiger partial charge < -0.3 is 10.3 Å². The highest BCUT2D eigenvalue weighted by atomic mass is 32.1. The fourth-order valence-corrected chi connectivity index (χ4v) is 2.55. The molecule has 2 rings (SSSR count). The lowest BCUT2D eigenvalue weighted by molar-refractivity contribution is 0.567. The van der Waals surface area contributed by atoms with Gasteiger partial charge in [0, 0.05) is 17.7 Å². The maximum Gasteiger partial charge on any atom is 0.258 e. The lowest BCUT2D eigenvalue weighted by Gasteiger charge is -2.18. The number of aromatic amines is 1. The second-order valence-corrected chi connectivity index (χ2v) is 7.53. The van der Waals surface area contributed by atoms with E-state index >= 15 is 0 Å². The number of rotatable bonds is 4. The van der Waals surface area contributed by atoms with Gasteiger partial charge in [-0.3, -0.25) is 4.79 Å². The first-order valence-corrected chi connectivity index (χ1v) is 7.90. The predicted molar refractivity (Wildman–Crippen MR) is 88.0 cm³/mol. The van der Waals surface area contributed by atoms with Gasteiger partial charge in [-0.15, -0.1) is 10.2 Å². The molecule has 2 N–H and O–H groups in total. The number of anilines is 1. The van der Waals surface area contributed by atoms with Gasteiger partial charge in [-0.2, -0.15) is 0 Å². The van der Waals surface area contributed by atoms with Crippen molar-refractivity contribution in [1.82, 2.24) is 15.2 Å². The van der Waals surface area contributed by atoms with Gasteiger partial charge in [0.25, 0.3) is 5.56 Å². The summed E-state index contributed by atoms with van der Waals surface area (Å²) in [6, 6.07) is 3.77. The van der Waals surface area contributed by atoms with Crippen molar-refractivity contribution in [3.05, 3.63) is 28.2 Å². The maximum atomic E-state index is 12.2. The molecule has 0 fully saturated rings. The fourth-order valence-electron chi connectivity index (χ4n) is 1.77. The molecular weight excluding hydrogens is 284 g/mol. The first-order valence-electron chi connectivity index (χ1n) is 7.09.